The molecule has 2 heterocycles. The second-order valence-electron chi connectivity index (χ2n) is 10.2. The molecule has 3 aliphatic rings. The Bertz CT molecular complexity index is 951. The molecule has 4 nitrogen and oxygen atoms in total. The molecule has 2 aromatic carbocycles. The van der Waals surface area contributed by atoms with Crippen molar-refractivity contribution in [1.29, 1.82) is 0 Å². The number of ether oxygens (including phenoxy) is 2. The third-order valence-corrected chi connectivity index (χ3v) is 7.96. The number of hydrogen-bond acceptors (Lipinski definition) is 4. The van der Waals surface area contributed by atoms with Crippen LogP contribution in [0.3, 0.4) is 0 Å². The quantitative estimate of drug-likeness (QED) is 0.643. The van der Waals surface area contributed by atoms with Crippen LogP contribution >= 0.6 is 0 Å². The zero-order valence-electron chi connectivity index (χ0n) is 19.6. The molecule has 2 unspecified atom stereocenters. The molecule has 2 aromatic rings. The molecule has 0 aromatic heterocycles. The van der Waals surface area contributed by atoms with Gasteiger partial charge >= 0.3 is 0 Å². The molecule has 5 rings (SSSR count). The second-order valence-corrected chi connectivity index (χ2v) is 10.2. The predicted octanol–water partition coefficient (Wildman–Crippen LogP) is 5.17. The summed E-state index contributed by atoms with van der Waals surface area (Å²) < 4.78 is 25.4. The Morgan fingerprint density at radius 1 is 1.06 bits per heavy atom. The minimum absolute atomic E-state index is 0.162. The summed E-state index contributed by atoms with van der Waals surface area (Å²) in [5, 5.41) is 0. The van der Waals surface area contributed by atoms with Crippen LogP contribution in [0.25, 0.3) is 0 Å². The van der Waals surface area contributed by atoms with Crippen molar-refractivity contribution in [3.05, 3.63) is 58.9 Å². The monoisotopic (exact) mass is 438 g/mol. The van der Waals surface area contributed by atoms with E-state index in [1.807, 2.05) is 12.1 Å². The van der Waals surface area contributed by atoms with Gasteiger partial charge in [-0.25, -0.2) is 4.39 Å². The van der Waals surface area contributed by atoms with Crippen LogP contribution in [0.4, 0.5) is 10.1 Å². The van der Waals surface area contributed by atoms with Crippen molar-refractivity contribution in [1.82, 2.24) is 4.90 Å². The van der Waals surface area contributed by atoms with E-state index in [9.17, 15) is 4.39 Å². The smallest absolute Gasteiger partial charge is 0.123 e. The van der Waals surface area contributed by atoms with Crippen molar-refractivity contribution < 1.29 is 13.9 Å². The lowest BCUT2D eigenvalue weighted by Crippen LogP contribution is -2.47. The number of hydrogen-bond donors (Lipinski definition) is 0. The van der Waals surface area contributed by atoms with Gasteiger partial charge in [0.25, 0.3) is 0 Å². The molecular weight excluding hydrogens is 403 g/mol. The van der Waals surface area contributed by atoms with Gasteiger partial charge in [-0.15, -0.1) is 0 Å². The van der Waals surface area contributed by atoms with E-state index >= 15 is 0 Å². The maximum absolute atomic E-state index is 13.2. The zero-order valence-corrected chi connectivity index (χ0v) is 19.6. The molecule has 1 fully saturated rings. The molecule has 0 spiro atoms. The van der Waals surface area contributed by atoms with E-state index in [1.165, 1.54) is 23.1 Å². The third kappa shape index (κ3) is 4.01. The molecule has 0 N–H and O–H groups in total. The highest BCUT2D eigenvalue weighted by Gasteiger charge is 2.42. The molecule has 2 atom stereocenters. The summed E-state index contributed by atoms with van der Waals surface area (Å²) in [6, 6.07) is 11.3. The number of rotatable bonds is 5. The largest absolute Gasteiger partial charge is 0.496 e. The molecule has 0 amide bonds. The van der Waals surface area contributed by atoms with E-state index in [1.54, 1.807) is 19.2 Å². The number of anilines is 1. The van der Waals surface area contributed by atoms with Crippen LogP contribution in [-0.4, -0.2) is 51.3 Å². The van der Waals surface area contributed by atoms with Gasteiger partial charge in [-0.05, 0) is 71.7 Å². The van der Waals surface area contributed by atoms with Crippen molar-refractivity contribution in [3.8, 4) is 5.75 Å². The van der Waals surface area contributed by atoms with E-state index < -0.39 is 0 Å². The Kier molecular flexibility index (Phi) is 5.89. The first-order valence-electron chi connectivity index (χ1n) is 12.0. The molecule has 0 radical (unpaired) electrons. The van der Waals surface area contributed by atoms with Gasteiger partial charge in [-0.2, -0.15) is 0 Å². The number of halogens is 1. The van der Waals surface area contributed by atoms with Crippen molar-refractivity contribution >= 4 is 5.69 Å². The molecule has 5 heteroatoms. The molecule has 172 valence electrons. The Morgan fingerprint density at radius 2 is 1.81 bits per heavy atom. The van der Waals surface area contributed by atoms with Crippen molar-refractivity contribution in [2.45, 2.75) is 45.1 Å². The van der Waals surface area contributed by atoms with E-state index in [0.29, 0.717) is 5.92 Å². The Labute approximate surface area is 191 Å². The van der Waals surface area contributed by atoms with E-state index in [4.69, 9.17) is 9.47 Å². The van der Waals surface area contributed by atoms with Gasteiger partial charge in [0.05, 0.1) is 19.8 Å². The predicted molar refractivity (Wildman–Crippen MR) is 126 cm³/mol. The molecule has 1 aliphatic carbocycles. The van der Waals surface area contributed by atoms with Crippen LogP contribution < -0.4 is 9.64 Å². The highest BCUT2D eigenvalue weighted by Crippen LogP contribution is 2.53. The lowest BCUT2D eigenvalue weighted by molar-refractivity contribution is -0.0111. The topological polar surface area (TPSA) is 24.9 Å². The first kappa shape index (κ1) is 21.7. The third-order valence-electron chi connectivity index (χ3n) is 7.96. The zero-order chi connectivity index (χ0) is 22.3. The number of benzene rings is 2. The van der Waals surface area contributed by atoms with Crippen molar-refractivity contribution in [2.24, 2.45) is 5.41 Å². The number of nitrogens with zero attached hydrogens (tertiary/aromatic N) is 2. The summed E-state index contributed by atoms with van der Waals surface area (Å²) in [7, 11) is 1.79. The lowest BCUT2D eigenvalue weighted by atomic mass is 9.64. The normalized spacial score (nSPS) is 24.8. The first-order chi connectivity index (χ1) is 15.5. The van der Waals surface area contributed by atoms with E-state index in [-0.39, 0.29) is 17.3 Å². The average molecular weight is 439 g/mol. The van der Waals surface area contributed by atoms with Gasteiger partial charge in [0.15, 0.2) is 0 Å². The van der Waals surface area contributed by atoms with Crippen LogP contribution in [0.1, 0.15) is 55.4 Å². The SMILES string of the molecule is COc1ccc2c3c1CCC(C)(C)C3COC2CCN1CCN(c2ccc(F)cc2)CC1. The lowest BCUT2D eigenvalue weighted by Gasteiger charge is -2.46. The number of methoxy groups -OCH3 is 1. The highest BCUT2D eigenvalue weighted by molar-refractivity contribution is 5.51. The van der Waals surface area contributed by atoms with Gasteiger partial charge in [0.1, 0.15) is 11.6 Å². The molecular formula is C27H35FN2O2. The fourth-order valence-electron chi connectivity index (χ4n) is 5.85. The summed E-state index contributed by atoms with van der Waals surface area (Å²) in [6.45, 7) is 10.6. The fourth-order valence-corrected chi connectivity index (χ4v) is 5.85. The maximum Gasteiger partial charge on any atom is 0.123 e. The van der Waals surface area contributed by atoms with E-state index in [0.717, 1.165) is 63.6 Å². The van der Waals surface area contributed by atoms with E-state index in [2.05, 4.69) is 35.8 Å². The number of piperazine rings is 1. The summed E-state index contributed by atoms with van der Waals surface area (Å²) >= 11 is 0. The van der Waals surface area contributed by atoms with Crippen LogP contribution in [0, 0.1) is 11.2 Å². The molecule has 0 bridgehead atoms. The summed E-state index contributed by atoms with van der Waals surface area (Å²) in [6.07, 6.45) is 3.45. The molecule has 0 saturated carbocycles. The van der Waals surface area contributed by atoms with Crippen molar-refractivity contribution in [3.63, 3.8) is 0 Å². The van der Waals surface area contributed by atoms with Gasteiger partial charge in [-0.1, -0.05) is 19.9 Å². The Balaban J connectivity index is 1.25. The van der Waals surface area contributed by atoms with Crippen LogP contribution in [0.15, 0.2) is 36.4 Å². The first-order valence-corrected chi connectivity index (χ1v) is 12.0. The Morgan fingerprint density at radius 3 is 2.53 bits per heavy atom. The maximum atomic E-state index is 13.2. The van der Waals surface area contributed by atoms with Crippen molar-refractivity contribution in [2.75, 3.05) is 51.3 Å². The summed E-state index contributed by atoms with van der Waals surface area (Å²) in [5.74, 6) is 1.32. The second kappa shape index (κ2) is 8.68. The van der Waals surface area contributed by atoms with Gasteiger partial charge < -0.3 is 14.4 Å². The molecule has 32 heavy (non-hydrogen) atoms. The highest BCUT2D eigenvalue weighted by atomic mass is 19.1. The molecule has 2 aliphatic heterocycles. The van der Waals surface area contributed by atoms with Gasteiger partial charge in [0, 0.05) is 44.3 Å². The fraction of sp³-hybridized carbons (Fsp3) is 0.556. The summed E-state index contributed by atoms with van der Waals surface area (Å²) in [5.41, 5.74) is 5.68. The minimum atomic E-state index is -0.175. The average Bonchev–Trinajstić information content (AvgIpc) is 2.81. The standard InChI is InChI=1S/C27H35FN2O2/c1-27(2)12-10-22-24(31-3)9-8-21-25(32-18-23(27)26(21)22)11-13-29-14-16-30(17-15-29)20-6-4-19(28)5-7-20/h4-9,23,25H,10-18H2,1-3H3. The summed E-state index contributed by atoms with van der Waals surface area (Å²) in [4.78, 5) is 4.88. The molecule has 1 saturated heterocycles. The van der Waals surface area contributed by atoms with Gasteiger partial charge in [0.2, 0.25) is 0 Å². The van der Waals surface area contributed by atoms with Crippen LogP contribution in [0.2, 0.25) is 0 Å². The van der Waals surface area contributed by atoms with Gasteiger partial charge in [-0.3, -0.25) is 4.90 Å². The minimum Gasteiger partial charge on any atom is -0.496 e. The van der Waals surface area contributed by atoms with Crippen LogP contribution in [-0.2, 0) is 11.2 Å². The van der Waals surface area contributed by atoms with Crippen LogP contribution in [0.5, 0.6) is 5.75 Å². The Hall–Kier alpha value is -2.11.